The summed E-state index contributed by atoms with van der Waals surface area (Å²) in [5, 5.41) is 1.94. The van der Waals surface area contributed by atoms with E-state index in [2.05, 4.69) is 15.9 Å². The van der Waals surface area contributed by atoms with Crippen LogP contribution in [0.25, 0.3) is 10.8 Å². The highest BCUT2D eigenvalue weighted by Crippen LogP contribution is 2.36. The summed E-state index contributed by atoms with van der Waals surface area (Å²) in [4.78, 5) is 11.3. The number of ether oxygens (including phenoxy) is 1. The fourth-order valence-corrected chi connectivity index (χ4v) is 2.40. The summed E-state index contributed by atoms with van der Waals surface area (Å²) in [6.45, 7) is 0. The largest absolute Gasteiger partial charge is 0.495 e. The molecule has 2 N–H and O–H groups in total. The van der Waals surface area contributed by atoms with Gasteiger partial charge in [0.15, 0.2) is 0 Å². The molecule has 0 spiro atoms. The number of rotatable bonds is 2. The standard InChI is InChI=1S/C12H10BrNO2/c1-16-11-9(12(14)15)6-7-4-2-3-5-8(7)10(11)13/h2-6H,1H3,(H2,14,15). The number of nitrogens with two attached hydrogens (primary N) is 1. The molecule has 0 heterocycles. The van der Waals surface area contributed by atoms with Gasteiger partial charge in [0.25, 0.3) is 5.91 Å². The number of hydrogen-bond acceptors (Lipinski definition) is 2. The Bertz CT molecular complexity index is 566. The lowest BCUT2D eigenvalue weighted by Gasteiger charge is -2.10. The third kappa shape index (κ3) is 1.65. The highest BCUT2D eigenvalue weighted by atomic mass is 79.9. The summed E-state index contributed by atoms with van der Waals surface area (Å²) in [6.07, 6.45) is 0. The van der Waals surface area contributed by atoms with Crippen molar-refractivity contribution in [3.05, 3.63) is 40.4 Å². The Labute approximate surface area is 101 Å². The van der Waals surface area contributed by atoms with E-state index in [-0.39, 0.29) is 0 Å². The molecule has 2 rings (SSSR count). The number of methoxy groups -OCH3 is 1. The molecule has 1 amide bonds. The number of carbonyl (C=O) groups is 1. The maximum atomic E-state index is 11.3. The van der Waals surface area contributed by atoms with E-state index in [1.54, 1.807) is 6.07 Å². The van der Waals surface area contributed by atoms with Crippen molar-refractivity contribution < 1.29 is 9.53 Å². The minimum Gasteiger partial charge on any atom is -0.495 e. The molecule has 0 fully saturated rings. The first-order chi connectivity index (χ1) is 7.65. The average Bonchev–Trinajstić information content (AvgIpc) is 2.29. The predicted molar refractivity (Wildman–Crippen MR) is 66.7 cm³/mol. The summed E-state index contributed by atoms with van der Waals surface area (Å²) in [7, 11) is 1.52. The number of halogens is 1. The molecule has 0 bridgehead atoms. The van der Waals surface area contributed by atoms with E-state index in [0.29, 0.717) is 11.3 Å². The summed E-state index contributed by atoms with van der Waals surface area (Å²) in [5.74, 6) is -0.0190. The van der Waals surface area contributed by atoms with Gasteiger partial charge in [-0.3, -0.25) is 4.79 Å². The van der Waals surface area contributed by atoms with Crippen LogP contribution in [0.2, 0.25) is 0 Å². The molecule has 2 aromatic carbocycles. The first-order valence-corrected chi connectivity index (χ1v) is 5.49. The highest BCUT2D eigenvalue weighted by Gasteiger charge is 2.15. The second-order valence-electron chi connectivity index (χ2n) is 3.36. The van der Waals surface area contributed by atoms with E-state index in [9.17, 15) is 4.79 Å². The van der Waals surface area contributed by atoms with Gasteiger partial charge >= 0.3 is 0 Å². The fraction of sp³-hybridized carbons (Fsp3) is 0.0833. The van der Waals surface area contributed by atoms with Gasteiger partial charge in [0.2, 0.25) is 0 Å². The molecule has 4 heteroatoms. The van der Waals surface area contributed by atoms with Gasteiger partial charge in [-0.05, 0) is 32.8 Å². The third-order valence-corrected chi connectivity index (χ3v) is 3.20. The van der Waals surface area contributed by atoms with Crippen molar-refractivity contribution in [1.29, 1.82) is 0 Å². The molecule has 0 aliphatic carbocycles. The molecule has 0 saturated carbocycles. The molecule has 16 heavy (non-hydrogen) atoms. The first-order valence-electron chi connectivity index (χ1n) is 4.70. The van der Waals surface area contributed by atoms with Gasteiger partial charge in [0.1, 0.15) is 5.75 Å². The molecule has 3 nitrogen and oxygen atoms in total. The zero-order valence-electron chi connectivity index (χ0n) is 8.66. The molecule has 0 aliphatic rings. The summed E-state index contributed by atoms with van der Waals surface area (Å²) >= 11 is 3.43. The van der Waals surface area contributed by atoms with Gasteiger partial charge in [-0.15, -0.1) is 0 Å². The molecule has 0 radical (unpaired) electrons. The molecular formula is C12H10BrNO2. The number of benzene rings is 2. The Morgan fingerprint density at radius 2 is 2.06 bits per heavy atom. The van der Waals surface area contributed by atoms with Crippen LogP contribution in [-0.4, -0.2) is 13.0 Å². The van der Waals surface area contributed by atoms with Crippen molar-refractivity contribution in [1.82, 2.24) is 0 Å². The number of amides is 1. The molecule has 82 valence electrons. The predicted octanol–water partition coefficient (Wildman–Crippen LogP) is 2.71. The number of fused-ring (bicyclic) bond motifs is 1. The zero-order valence-corrected chi connectivity index (χ0v) is 10.2. The van der Waals surface area contributed by atoms with Crippen LogP contribution >= 0.6 is 15.9 Å². The lowest BCUT2D eigenvalue weighted by molar-refractivity contribution is 0.0997. The van der Waals surface area contributed by atoms with Gasteiger partial charge in [-0.1, -0.05) is 24.3 Å². The van der Waals surface area contributed by atoms with Crippen LogP contribution in [0.5, 0.6) is 5.75 Å². The molecule has 0 aliphatic heterocycles. The van der Waals surface area contributed by atoms with Gasteiger partial charge in [-0.25, -0.2) is 0 Å². The monoisotopic (exact) mass is 279 g/mol. The number of carbonyl (C=O) groups excluding carboxylic acids is 1. The van der Waals surface area contributed by atoms with E-state index in [4.69, 9.17) is 10.5 Å². The van der Waals surface area contributed by atoms with Crippen LogP contribution in [-0.2, 0) is 0 Å². The van der Waals surface area contributed by atoms with Crippen molar-refractivity contribution in [2.45, 2.75) is 0 Å². The molecule has 0 atom stereocenters. The van der Waals surface area contributed by atoms with Crippen molar-refractivity contribution in [2.24, 2.45) is 5.73 Å². The smallest absolute Gasteiger partial charge is 0.252 e. The quantitative estimate of drug-likeness (QED) is 0.919. The van der Waals surface area contributed by atoms with Gasteiger partial charge < -0.3 is 10.5 Å². The Kier molecular flexibility index (Phi) is 2.83. The van der Waals surface area contributed by atoms with Crippen molar-refractivity contribution in [3.8, 4) is 5.75 Å². The van der Waals surface area contributed by atoms with E-state index in [1.807, 2.05) is 24.3 Å². The SMILES string of the molecule is COc1c(C(N)=O)cc2ccccc2c1Br. The maximum Gasteiger partial charge on any atom is 0.252 e. The van der Waals surface area contributed by atoms with Crippen molar-refractivity contribution in [3.63, 3.8) is 0 Å². The van der Waals surface area contributed by atoms with Crippen LogP contribution in [0.1, 0.15) is 10.4 Å². The summed E-state index contributed by atoms with van der Waals surface area (Å²) < 4.78 is 5.95. The number of hydrogen-bond donors (Lipinski definition) is 1. The molecule has 0 aromatic heterocycles. The Morgan fingerprint density at radius 3 is 2.69 bits per heavy atom. The fourth-order valence-electron chi connectivity index (χ4n) is 1.67. The van der Waals surface area contributed by atoms with Crippen LogP contribution in [0.15, 0.2) is 34.8 Å². The summed E-state index contributed by atoms with van der Waals surface area (Å²) in [6, 6.07) is 9.45. The topological polar surface area (TPSA) is 52.3 Å². The Morgan fingerprint density at radius 1 is 1.38 bits per heavy atom. The lowest BCUT2D eigenvalue weighted by atomic mass is 10.1. The molecule has 0 saturated heterocycles. The molecule has 2 aromatic rings. The minimum absolute atomic E-state index is 0.382. The Hall–Kier alpha value is -1.55. The first kappa shape index (κ1) is 11.0. The van der Waals surface area contributed by atoms with Crippen molar-refractivity contribution >= 4 is 32.6 Å². The second-order valence-corrected chi connectivity index (χ2v) is 4.15. The van der Waals surface area contributed by atoms with E-state index in [0.717, 1.165) is 15.2 Å². The Balaban J connectivity index is 2.87. The average molecular weight is 280 g/mol. The number of primary amides is 1. The lowest BCUT2D eigenvalue weighted by Crippen LogP contribution is -2.12. The highest BCUT2D eigenvalue weighted by molar-refractivity contribution is 9.10. The van der Waals surface area contributed by atoms with E-state index < -0.39 is 5.91 Å². The molecular weight excluding hydrogens is 270 g/mol. The third-order valence-electron chi connectivity index (χ3n) is 2.41. The van der Waals surface area contributed by atoms with Gasteiger partial charge in [-0.2, -0.15) is 0 Å². The van der Waals surface area contributed by atoms with Crippen LogP contribution < -0.4 is 10.5 Å². The van der Waals surface area contributed by atoms with Crippen LogP contribution in [0.3, 0.4) is 0 Å². The van der Waals surface area contributed by atoms with Gasteiger partial charge in [0, 0.05) is 0 Å². The molecule has 0 unspecified atom stereocenters. The van der Waals surface area contributed by atoms with Gasteiger partial charge in [0.05, 0.1) is 17.1 Å². The van der Waals surface area contributed by atoms with Crippen LogP contribution in [0.4, 0.5) is 0 Å². The van der Waals surface area contributed by atoms with Crippen molar-refractivity contribution in [2.75, 3.05) is 7.11 Å². The zero-order chi connectivity index (χ0) is 11.7. The van der Waals surface area contributed by atoms with Crippen LogP contribution in [0, 0.1) is 0 Å². The minimum atomic E-state index is -0.497. The normalized spacial score (nSPS) is 10.4. The van der Waals surface area contributed by atoms with E-state index >= 15 is 0 Å². The summed E-state index contributed by atoms with van der Waals surface area (Å²) in [5.41, 5.74) is 5.69. The van der Waals surface area contributed by atoms with E-state index in [1.165, 1.54) is 7.11 Å². The maximum absolute atomic E-state index is 11.3. The second kappa shape index (κ2) is 4.14.